The number of rotatable bonds is 5. The predicted molar refractivity (Wildman–Crippen MR) is 89.5 cm³/mol. The van der Waals surface area contributed by atoms with Gasteiger partial charge in [-0.15, -0.1) is 11.3 Å². The van der Waals surface area contributed by atoms with Crippen molar-refractivity contribution in [2.75, 3.05) is 26.2 Å². The van der Waals surface area contributed by atoms with Crippen molar-refractivity contribution in [3.8, 4) is 0 Å². The quantitative estimate of drug-likeness (QED) is 0.862. The highest BCUT2D eigenvalue weighted by Gasteiger charge is 2.30. The van der Waals surface area contributed by atoms with E-state index in [0.717, 1.165) is 45.6 Å². The fraction of sp³-hybridized carbons (Fsp3) is 0.667. The molecule has 0 aromatic carbocycles. The molecule has 1 unspecified atom stereocenters. The van der Waals surface area contributed by atoms with Crippen LogP contribution >= 0.6 is 27.3 Å². The lowest BCUT2D eigenvalue weighted by molar-refractivity contribution is -0.126. The zero-order valence-corrected chi connectivity index (χ0v) is 14.8. The molecule has 1 amide bonds. The van der Waals surface area contributed by atoms with Gasteiger partial charge in [-0.1, -0.05) is 0 Å². The Labute approximate surface area is 138 Å². The Bertz CT molecular complexity index is 495. The Balaban J connectivity index is 1.45. The fourth-order valence-corrected chi connectivity index (χ4v) is 4.18. The van der Waals surface area contributed by atoms with Gasteiger partial charge in [0.1, 0.15) is 0 Å². The summed E-state index contributed by atoms with van der Waals surface area (Å²) in [5, 5.41) is 5.23. The Morgan fingerprint density at radius 1 is 1.43 bits per heavy atom. The summed E-state index contributed by atoms with van der Waals surface area (Å²) in [5.74, 6) is 0.201. The molecular weight excluding hydrogens is 350 g/mol. The maximum atomic E-state index is 12.1. The largest absolute Gasteiger partial charge is 0.352 e. The number of amides is 1. The molecule has 1 N–H and O–H groups in total. The lowest BCUT2D eigenvalue weighted by Crippen LogP contribution is -2.53. The fourth-order valence-electron chi connectivity index (χ4n) is 2.67. The normalized spacial score (nSPS) is 22.2. The first-order chi connectivity index (χ1) is 10.1. The number of carbonyl (C=O) groups is 1. The number of nitrogens with one attached hydrogen (secondary N) is 1. The van der Waals surface area contributed by atoms with Gasteiger partial charge in [-0.25, -0.2) is 0 Å². The van der Waals surface area contributed by atoms with Crippen LogP contribution in [0.2, 0.25) is 0 Å². The highest BCUT2D eigenvalue weighted by Crippen LogP contribution is 2.25. The summed E-state index contributed by atoms with van der Waals surface area (Å²) < 4.78 is 1.21. The van der Waals surface area contributed by atoms with Crippen LogP contribution in [0, 0.1) is 0 Å². The highest BCUT2D eigenvalue weighted by atomic mass is 79.9. The molecule has 1 aromatic rings. The first-order valence-corrected chi connectivity index (χ1v) is 9.29. The minimum absolute atomic E-state index is 0.00113. The van der Waals surface area contributed by atoms with Gasteiger partial charge in [0.15, 0.2) is 0 Å². The number of halogens is 1. The summed E-state index contributed by atoms with van der Waals surface area (Å²) >= 11 is 5.40. The average molecular weight is 372 g/mol. The Morgan fingerprint density at radius 2 is 2.14 bits per heavy atom. The van der Waals surface area contributed by atoms with E-state index in [1.807, 2.05) is 6.92 Å². The summed E-state index contributed by atoms with van der Waals surface area (Å²) in [7, 11) is 0. The first-order valence-electron chi connectivity index (χ1n) is 7.62. The van der Waals surface area contributed by atoms with Gasteiger partial charge in [0, 0.05) is 48.1 Å². The lowest BCUT2D eigenvalue weighted by atomic mass is 10.2. The maximum Gasteiger partial charge on any atom is 0.237 e. The predicted octanol–water partition coefficient (Wildman–Crippen LogP) is 2.30. The Hall–Kier alpha value is -0.430. The first kappa shape index (κ1) is 15.5. The van der Waals surface area contributed by atoms with Gasteiger partial charge in [-0.3, -0.25) is 14.6 Å². The van der Waals surface area contributed by atoms with E-state index in [9.17, 15) is 4.79 Å². The second-order valence-corrected chi connectivity index (χ2v) is 7.82. The number of hydrogen-bond donors (Lipinski definition) is 1. The second kappa shape index (κ2) is 6.77. The molecule has 0 radical (unpaired) electrons. The number of piperazine rings is 1. The van der Waals surface area contributed by atoms with Crippen LogP contribution in [0.25, 0.3) is 0 Å². The van der Waals surface area contributed by atoms with E-state index in [1.165, 1.54) is 9.35 Å². The minimum Gasteiger partial charge on any atom is -0.352 e. The van der Waals surface area contributed by atoms with Gasteiger partial charge < -0.3 is 5.32 Å². The van der Waals surface area contributed by atoms with Gasteiger partial charge in [0.05, 0.1) is 6.04 Å². The van der Waals surface area contributed by atoms with Crippen molar-refractivity contribution in [1.82, 2.24) is 15.1 Å². The highest BCUT2D eigenvalue weighted by molar-refractivity contribution is 9.10. The molecular formula is C15H22BrN3OS. The van der Waals surface area contributed by atoms with Crippen LogP contribution in [0.1, 0.15) is 24.6 Å². The standard InChI is InChI=1S/C15H22BrN3OS/c1-11(15(20)17-12-2-3-12)19-7-5-18(6-8-19)10-14-13(16)4-9-21-14/h4,9,11-12H,2-3,5-8,10H2,1H3,(H,17,20). The topological polar surface area (TPSA) is 35.6 Å². The third-order valence-electron chi connectivity index (χ3n) is 4.32. The molecule has 0 spiro atoms. The SMILES string of the molecule is CC(C(=O)NC1CC1)N1CCN(Cc2sccc2Br)CC1. The van der Waals surface area contributed by atoms with Crippen molar-refractivity contribution in [2.24, 2.45) is 0 Å². The molecule has 2 aliphatic rings. The van der Waals surface area contributed by atoms with E-state index in [2.05, 4.69) is 42.5 Å². The molecule has 1 aromatic heterocycles. The van der Waals surface area contributed by atoms with Gasteiger partial charge >= 0.3 is 0 Å². The van der Waals surface area contributed by atoms with Crippen LogP contribution in [0.15, 0.2) is 15.9 Å². The molecule has 1 atom stereocenters. The van der Waals surface area contributed by atoms with Gasteiger partial charge in [-0.2, -0.15) is 0 Å². The van der Waals surface area contributed by atoms with Crippen LogP contribution in [0.5, 0.6) is 0 Å². The molecule has 2 fully saturated rings. The van der Waals surface area contributed by atoms with Crippen molar-refractivity contribution >= 4 is 33.2 Å². The zero-order valence-electron chi connectivity index (χ0n) is 12.3. The summed E-state index contributed by atoms with van der Waals surface area (Å²) in [5.41, 5.74) is 0. The molecule has 6 heteroatoms. The summed E-state index contributed by atoms with van der Waals surface area (Å²) in [6.07, 6.45) is 2.31. The second-order valence-electron chi connectivity index (χ2n) is 5.96. The molecule has 0 bridgehead atoms. The Kier molecular flexibility index (Phi) is 4.99. The maximum absolute atomic E-state index is 12.1. The summed E-state index contributed by atoms with van der Waals surface area (Å²) in [6.45, 7) is 7.05. The smallest absolute Gasteiger partial charge is 0.237 e. The molecule has 2 heterocycles. The van der Waals surface area contributed by atoms with E-state index in [1.54, 1.807) is 11.3 Å². The third kappa shape index (κ3) is 4.06. The Morgan fingerprint density at radius 3 is 2.71 bits per heavy atom. The number of carbonyl (C=O) groups excluding carboxylic acids is 1. The summed E-state index contributed by atoms with van der Waals surface area (Å²) in [6, 6.07) is 2.57. The molecule has 1 saturated heterocycles. The number of thiophene rings is 1. The van der Waals surface area contributed by atoms with Crippen LogP contribution in [-0.4, -0.2) is 54.0 Å². The zero-order chi connectivity index (χ0) is 14.8. The van der Waals surface area contributed by atoms with E-state index in [-0.39, 0.29) is 11.9 Å². The molecule has 116 valence electrons. The van der Waals surface area contributed by atoms with E-state index in [4.69, 9.17) is 0 Å². The van der Waals surface area contributed by atoms with Crippen molar-refractivity contribution in [2.45, 2.75) is 38.4 Å². The van der Waals surface area contributed by atoms with Gasteiger partial charge in [0.2, 0.25) is 5.91 Å². The van der Waals surface area contributed by atoms with E-state index in [0.29, 0.717) is 6.04 Å². The van der Waals surface area contributed by atoms with Crippen LogP contribution < -0.4 is 5.32 Å². The molecule has 3 rings (SSSR count). The number of nitrogens with zero attached hydrogens (tertiary/aromatic N) is 2. The van der Waals surface area contributed by atoms with Crippen LogP contribution in [0.3, 0.4) is 0 Å². The van der Waals surface area contributed by atoms with Crippen LogP contribution in [-0.2, 0) is 11.3 Å². The van der Waals surface area contributed by atoms with Gasteiger partial charge in [0.25, 0.3) is 0 Å². The molecule has 4 nitrogen and oxygen atoms in total. The lowest BCUT2D eigenvalue weighted by Gasteiger charge is -2.37. The number of hydrogen-bond acceptors (Lipinski definition) is 4. The third-order valence-corrected chi connectivity index (χ3v) is 6.23. The van der Waals surface area contributed by atoms with Crippen LogP contribution in [0.4, 0.5) is 0 Å². The molecule has 21 heavy (non-hydrogen) atoms. The molecule has 1 aliphatic heterocycles. The van der Waals surface area contributed by atoms with E-state index >= 15 is 0 Å². The van der Waals surface area contributed by atoms with Crippen molar-refractivity contribution in [1.29, 1.82) is 0 Å². The molecule has 1 aliphatic carbocycles. The van der Waals surface area contributed by atoms with Crippen molar-refractivity contribution < 1.29 is 4.79 Å². The van der Waals surface area contributed by atoms with Gasteiger partial charge in [-0.05, 0) is 47.1 Å². The minimum atomic E-state index is 0.00113. The van der Waals surface area contributed by atoms with E-state index < -0.39 is 0 Å². The van der Waals surface area contributed by atoms with Crippen molar-refractivity contribution in [3.05, 3.63) is 20.8 Å². The average Bonchev–Trinajstić information content (AvgIpc) is 3.21. The van der Waals surface area contributed by atoms with Crippen molar-refractivity contribution in [3.63, 3.8) is 0 Å². The monoisotopic (exact) mass is 371 g/mol. The molecule has 1 saturated carbocycles. The summed E-state index contributed by atoms with van der Waals surface area (Å²) in [4.78, 5) is 18.3.